The third kappa shape index (κ3) is 4.95. The minimum Gasteiger partial charge on any atom is -0.381 e. The van der Waals surface area contributed by atoms with Gasteiger partial charge >= 0.3 is 0 Å². The Labute approximate surface area is 175 Å². The zero-order chi connectivity index (χ0) is 21.0. The molecule has 154 valence electrons. The zero-order valence-electron chi connectivity index (χ0n) is 16.4. The minimum absolute atomic E-state index is 0.0164. The van der Waals surface area contributed by atoms with E-state index in [1.165, 1.54) is 4.90 Å². The van der Waals surface area contributed by atoms with Crippen molar-refractivity contribution in [3.63, 3.8) is 0 Å². The molecule has 1 aromatic rings. The summed E-state index contributed by atoms with van der Waals surface area (Å²) in [5.74, 6) is -0.183. The molecule has 1 N–H and O–H groups in total. The number of rotatable bonds is 6. The number of hydrogen-bond donors (Lipinski definition) is 1. The quantitative estimate of drug-likeness (QED) is 0.717. The highest BCUT2D eigenvalue weighted by molar-refractivity contribution is 6.33. The van der Waals surface area contributed by atoms with Crippen molar-refractivity contribution in [3.05, 3.63) is 28.8 Å². The van der Waals surface area contributed by atoms with Crippen molar-refractivity contribution in [2.45, 2.75) is 38.0 Å². The van der Waals surface area contributed by atoms with Crippen molar-refractivity contribution >= 4 is 41.7 Å². The molecule has 0 bridgehead atoms. The number of anilines is 1. The van der Waals surface area contributed by atoms with Gasteiger partial charge in [0.2, 0.25) is 5.91 Å². The number of hydrogen-bond acceptors (Lipinski definition) is 5. The lowest BCUT2D eigenvalue weighted by molar-refractivity contribution is -0.132. The molecule has 0 unspecified atom stereocenters. The smallest absolute Gasteiger partial charge is 0.237 e. The molecule has 2 aliphatic rings. The first-order valence-electron chi connectivity index (χ1n) is 9.70. The molecule has 0 aliphatic carbocycles. The minimum atomic E-state index is -1.11. The number of likely N-dealkylation sites (tertiary alicyclic amines) is 2. The molecule has 8 heteroatoms. The second-order valence-corrected chi connectivity index (χ2v) is 7.85. The number of aliphatic imine (C=N–C) groups is 1. The number of amides is 1. The van der Waals surface area contributed by atoms with E-state index >= 15 is 0 Å². The summed E-state index contributed by atoms with van der Waals surface area (Å²) in [5, 5.41) is 13.1. The zero-order valence-corrected chi connectivity index (χ0v) is 17.2. The van der Waals surface area contributed by atoms with Gasteiger partial charge in [-0.2, -0.15) is 5.26 Å². The number of alkyl halides is 1. The summed E-state index contributed by atoms with van der Waals surface area (Å²) in [7, 11) is 0. The van der Waals surface area contributed by atoms with Crippen molar-refractivity contribution in [1.29, 1.82) is 5.26 Å². The molecule has 2 aliphatic heterocycles. The van der Waals surface area contributed by atoms with Gasteiger partial charge in [0, 0.05) is 36.8 Å². The second kappa shape index (κ2) is 9.38. The number of allylic oxidation sites excluding steroid dienone is 1. The Morgan fingerprint density at radius 2 is 2.31 bits per heavy atom. The Balaban J connectivity index is 1.60. The average Bonchev–Trinajstić information content (AvgIpc) is 3.27. The average molecular weight is 418 g/mol. The number of halogens is 2. The third-order valence-electron chi connectivity index (χ3n) is 5.32. The number of nitriles is 1. The van der Waals surface area contributed by atoms with E-state index in [0.717, 1.165) is 24.2 Å². The van der Waals surface area contributed by atoms with Gasteiger partial charge in [-0.05, 0) is 32.2 Å². The van der Waals surface area contributed by atoms with Crippen LogP contribution in [0.5, 0.6) is 0 Å². The summed E-state index contributed by atoms with van der Waals surface area (Å²) in [5.41, 5.74) is 2.43. The molecule has 2 heterocycles. The van der Waals surface area contributed by atoms with Crippen LogP contribution in [0, 0.1) is 11.3 Å². The molecule has 0 radical (unpaired) electrons. The molecule has 0 saturated carbocycles. The van der Waals surface area contributed by atoms with Crippen molar-refractivity contribution in [2.24, 2.45) is 4.99 Å². The first-order valence-corrected chi connectivity index (χ1v) is 10.1. The van der Waals surface area contributed by atoms with E-state index in [9.17, 15) is 9.18 Å². The van der Waals surface area contributed by atoms with E-state index in [1.54, 1.807) is 0 Å². The molecule has 2 fully saturated rings. The highest BCUT2D eigenvalue weighted by Gasteiger charge is 2.36. The van der Waals surface area contributed by atoms with Crippen LogP contribution in [-0.2, 0) is 4.79 Å². The molecule has 0 aromatic heterocycles. The van der Waals surface area contributed by atoms with Crippen LogP contribution in [-0.4, -0.2) is 66.9 Å². The van der Waals surface area contributed by atoms with Gasteiger partial charge in [0.1, 0.15) is 12.2 Å². The van der Waals surface area contributed by atoms with Gasteiger partial charge in [-0.1, -0.05) is 23.8 Å². The first-order chi connectivity index (χ1) is 13.9. The Hall–Kier alpha value is -2.43. The molecule has 3 atom stereocenters. The van der Waals surface area contributed by atoms with Crippen LogP contribution in [0.4, 0.5) is 15.8 Å². The predicted octanol–water partition coefficient (Wildman–Crippen LogP) is 3.65. The van der Waals surface area contributed by atoms with Gasteiger partial charge in [-0.25, -0.2) is 4.39 Å². The van der Waals surface area contributed by atoms with Crippen LogP contribution >= 0.6 is 11.6 Å². The van der Waals surface area contributed by atoms with Crippen LogP contribution < -0.4 is 5.32 Å². The lowest BCUT2D eigenvalue weighted by atomic mass is 10.1. The molecule has 29 heavy (non-hydrogen) atoms. The van der Waals surface area contributed by atoms with E-state index in [4.69, 9.17) is 16.9 Å². The van der Waals surface area contributed by atoms with Gasteiger partial charge in [-0.15, -0.1) is 0 Å². The van der Waals surface area contributed by atoms with Gasteiger partial charge in [0.05, 0.1) is 29.9 Å². The van der Waals surface area contributed by atoms with E-state index in [0.29, 0.717) is 17.3 Å². The number of carbonyl (C=O) groups is 1. The molecule has 1 amide bonds. The van der Waals surface area contributed by atoms with Crippen LogP contribution in [0.1, 0.15) is 25.3 Å². The van der Waals surface area contributed by atoms with E-state index in [1.807, 2.05) is 42.2 Å². The molecule has 3 rings (SSSR count). The molecule has 1 aromatic carbocycles. The first kappa shape index (κ1) is 21.3. The maximum atomic E-state index is 13.6. The number of nitrogens with zero attached hydrogens (tertiary/aromatic N) is 4. The fourth-order valence-corrected chi connectivity index (χ4v) is 4.26. The lowest BCUT2D eigenvalue weighted by Crippen LogP contribution is -2.42. The van der Waals surface area contributed by atoms with Crippen molar-refractivity contribution in [1.82, 2.24) is 9.80 Å². The fraction of sp³-hybridized carbons (Fsp3) is 0.476. The van der Waals surface area contributed by atoms with Crippen molar-refractivity contribution < 1.29 is 9.18 Å². The summed E-state index contributed by atoms with van der Waals surface area (Å²) in [4.78, 5) is 19.9. The van der Waals surface area contributed by atoms with Crippen LogP contribution in [0.15, 0.2) is 23.2 Å². The Bertz CT molecular complexity index is 852. The normalized spacial score (nSPS) is 24.8. The largest absolute Gasteiger partial charge is 0.381 e. The topological polar surface area (TPSA) is 71.7 Å². The van der Waals surface area contributed by atoms with Gasteiger partial charge < -0.3 is 10.2 Å². The van der Waals surface area contributed by atoms with E-state index < -0.39 is 12.2 Å². The Kier molecular flexibility index (Phi) is 6.88. The number of carbonyl (C=O) groups excluding carboxylic acids is 1. The summed E-state index contributed by atoms with van der Waals surface area (Å²) in [6.07, 6.45) is 3.72. The maximum Gasteiger partial charge on any atom is 0.237 e. The van der Waals surface area contributed by atoms with Crippen LogP contribution in [0.3, 0.4) is 0 Å². The summed E-state index contributed by atoms with van der Waals surface area (Å²) < 4.78 is 13.6. The number of nitrogens with one attached hydrogen (secondary N) is 1. The van der Waals surface area contributed by atoms with Gasteiger partial charge in [-0.3, -0.25) is 14.7 Å². The SMILES string of the molecule is C=Nc1c(Cl)cc(N[C@H]2CCN(CC(=O)N3C[C@@H](F)C[C@H]3C#N)C2)cc1/C=C\C. The standard InChI is InChI=1S/C21H25ClFN5O/c1-3-4-14-7-17(9-19(22)21(14)25-2)26-16-5-6-27(12-16)13-20(29)28-11-15(23)8-18(28)10-24/h3-4,7,9,15-16,18,26H,2,5-6,8,11-13H2,1H3/b4-3-/t15-,16-,18-/m0/s1. The second-order valence-electron chi connectivity index (χ2n) is 7.44. The third-order valence-corrected chi connectivity index (χ3v) is 5.61. The van der Waals surface area contributed by atoms with Crippen LogP contribution in [0.2, 0.25) is 5.02 Å². The fourth-order valence-electron chi connectivity index (χ4n) is 3.97. The van der Waals surface area contributed by atoms with Crippen LogP contribution in [0.25, 0.3) is 6.08 Å². The molecular formula is C21H25ClFN5O. The number of benzene rings is 1. The Morgan fingerprint density at radius 3 is 3.00 bits per heavy atom. The van der Waals surface area contributed by atoms with Crippen molar-refractivity contribution in [3.8, 4) is 6.07 Å². The molecular weight excluding hydrogens is 393 g/mol. The lowest BCUT2D eigenvalue weighted by Gasteiger charge is -2.23. The summed E-state index contributed by atoms with van der Waals surface area (Å²) in [6.45, 7) is 7.17. The Morgan fingerprint density at radius 1 is 1.52 bits per heavy atom. The predicted molar refractivity (Wildman–Crippen MR) is 114 cm³/mol. The highest BCUT2D eigenvalue weighted by atomic mass is 35.5. The summed E-state index contributed by atoms with van der Waals surface area (Å²) in [6, 6.07) is 5.35. The maximum absolute atomic E-state index is 13.6. The molecule has 0 spiro atoms. The molecule has 6 nitrogen and oxygen atoms in total. The highest BCUT2D eigenvalue weighted by Crippen LogP contribution is 2.34. The van der Waals surface area contributed by atoms with Gasteiger partial charge in [0.25, 0.3) is 0 Å². The molecule has 2 saturated heterocycles. The van der Waals surface area contributed by atoms with E-state index in [-0.39, 0.29) is 31.5 Å². The van der Waals surface area contributed by atoms with Gasteiger partial charge in [0.15, 0.2) is 0 Å². The summed E-state index contributed by atoms with van der Waals surface area (Å²) >= 11 is 6.34. The van der Waals surface area contributed by atoms with E-state index in [2.05, 4.69) is 17.0 Å². The monoisotopic (exact) mass is 417 g/mol. The van der Waals surface area contributed by atoms with Crippen molar-refractivity contribution in [2.75, 3.05) is 31.5 Å².